The number of H-pyrrole nitrogens is 1. The van der Waals surface area contributed by atoms with E-state index < -0.39 is 41.6 Å². The van der Waals surface area contributed by atoms with Crippen LogP contribution in [0.1, 0.15) is 20.1 Å². The van der Waals surface area contributed by atoms with Gasteiger partial charge in [0.05, 0.1) is 11.1 Å². The molecule has 2 N–H and O–H groups in total. The summed E-state index contributed by atoms with van der Waals surface area (Å²) < 4.78 is 18.6. The molecule has 2 aliphatic rings. The van der Waals surface area contributed by atoms with Gasteiger partial charge in [0.1, 0.15) is 18.3 Å². The van der Waals surface area contributed by atoms with Crippen LogP contribution >= 0.6 is 15.9 Å². The number of aromatic amines is 1. The van der Waals surface area contributed by atoms with E-state index in [0.29, 0.717) is 0 Å². The van der Waals surface area contributed by atoms with Crippen molar-refractivity contribution < 1.29 is 19.3 Å². The quantitative estimate of drug-likeness (QED) is 0.749. The third-order valence-electron chi connectivity index (χ3n) is 3.50. The van der Waals surface area contributed by atoms with Crippen molar-refractivity contribution in [2.45, 2.75) is 44.2 Å². The van der Waals surface area contributed by atoms with Gasteiger partial charge in [-0.25, -0.2) is 4.79 Å². The lowest BCUT2D eigenvalue weighted by atomic mass is 10.1. The maximum absolute atomic E-state index is 12.0. The lowest BCUT2D eigenvalue weighted by molar-refractivity contribution is -0.200. The zero-order valence-corrected chi connectivity index (χ0v) is 13.0. The van der Waals surface area contributed by atoms with Crippen molar-refractivity contribution in [2.24, 2.45) is 0 Å². The molecule has 0 amide bonds. The van der Waals surface area contributed by atoms with Crippen LogP contribution in [0, 0.1) is 0 Å². The molecule has 9 heteroatoms. The summed E-state index contributed by atoms with van der Waals surface area (Å²) in [5.41, 5.74) is -1.13. The number of hydrogen-bond acceptors (Lipinski definition) is 6. The second-order valence-electron chi connectivity index (χ2n) is 5.46. The fourth-order valence-electron chi connectivity index (χ4n) is 2.68. The van der Waals surface area contributed by atoms with E-state index in [-0.39, 0.29) is 11.1 Å². The van der Waals surface area contributed by atoms with Crippen LogP contribution in [-0.4, -0.2) is 45.4 Å². The highest BCUT2D eigenvalue weighted by Gasteiger charge is 2.55. The average Bonchev–Trinajstić information content (AvgIpc) is 2.87. The monoisotopic (exact) mass is 362 g/mol. The summed E-state index contributed by atoms with van der Waals surface area (Å²) in [6.07, 6.45) is -1.06. The Kier molecular flexibility index (Phi) is 3.57. The molecule has 0 bridgehead atoms. The van der Waals surface area contributed by atoms with E-state index in [1.54, 1.807) is 13.8 Å². The largest absolute Gasteiger partial charge is 0.394 e. The van der Waals surface area contributed by atoms with Crippen LogP contribution < -0.4 is 11.2 Å². The van der Waals surface area contributed by atoms with Gasteiger partial charge in [-0.15, -0.1) is 0 Å². The van der Waals surface area contributed by atoms with Gasteiger partial charge in [0, 0.05) is 6.20 Å². The number of fused-ring (bicyclic) bond motifs is 1. The number of rotatable bonds is 2. The molecule has 1 aromatic rings. The van der Waals surface area contributed by atoms with Crippen molar-refractivity contribution in [1.29, 1.82) is 0 Å². The Hall–Kier alpha value is -1.00. The van der Waals surface area contributed by atoms with Crippen molar-refractivity contribution in [2.75, 3.05) is 6.61 Å². The molecular formula is C12H15BrN2O6. The van der Waals surface area contributed by atoms with Crippen LogP contribution in [-0.2, 0) is 14.2 Å². The number of aliphatic hydroxyl groups is 1. The Bertz CT molecular complexity index is 668. The maximum atomic E-state index is 12.0. The SMILES string of the molecule is CC1(C)O[C@H]2[C@H](O1)[C@@H](CO)O[C@H]2n1cc(Br)c(=O)[nH]c1=O. The standard InChI is InChI=1S/C12H15BrN2O6/c1-12(2)20-7-6(4-16)19-10(8(7)21-12)15-3-5(13)9(17)14-11(15)18/h3,6-8,10,16H,4H2,1-2H3,(H,14,17,18)/t6-,7-,8+,10-/m1/s1. The molecule has 8 nitrogen and oxygen atoms in total. The molecule has 116 valence electrons. The molecule has 0 radical (unpaired) electrons. The van der Waals surface area contributed by atoms with Gasteiger partial charge in [-0.2, -0.15) is 0 Å². The predicted molar refractivity (Wildman–Crippen MR) is 73.8 cm³/mol. The highest BCUT2D eigenvalue weighted by molar-refractivity contribution is 9.10. The normalized spacial score (nSPS) is 34.1. The second kappa shape index (κ2) is 5.03. The minimum absolute atomic E-state index is 0.202. The van der Waals surface area contributed by atoms with Crippen LogP contribution in [0.4, 0.5) is 0 Å². The predicted octanol–water partition coefficient (Wildman–Crippen LogP) is -0.291. The highest BCUT2D eigenvalue weighted by atomic mass is 79.9. The number of nitrogens with zero attached hydrogens (tertiary/aromatic N) is 1. The second-order valence-corrected chi connectivity index (χ2v) is 6.31. The van der Waals surface area contributed by atoms with E-state index in [2.05, 4.69) is 20.9 Å². The van der Waals surface area contributed by atoms with Crippen molar-refractivity contribution in [3.8, 4) is 0 Å². The van der Waals surface area contributed by atoms with Gasteiger partial charge in [-0.05, 0) is 29.8 Å². The van der Waals surface area contributed by atoms with Crippen LogP contribution in [0.3, 0.4) is 0 Å². The van der Waals surface area contributed by atoms with Crippen molar-refractivity contribution in [3.05, 3.63) is 31.5 Å². The summed E-state index contributed by atoms with van der Waals surface area (Å²) >= 11 is 3.07. The van der Waals surface area contributed by atoms with Gasteiger partial charge in [0.15, 0.2) is 12.0 Å². The molecule has 0 saturated carbocycles. The van der Waals surface area contributed by atoms with E-state index in [0.717, 1.165) is 0 Å². The number of hydrogen-bond donors (Lipinski definition) is 2. The van der Waals surface area contributed by atoms with E-state index in [4.69, 9.17) is 14.2 Å². The minimum atomic E-state index is -0.826. The van der Waals surface area contributed by atoms with Gasteiger partial charge in [0.2, 0.25) is 0 Å². The zero-order valence-electron chi connectivity index (χ0n) is 11.4. The Balaban J connectivity index is 2.01. The van der Waals surface area contributed by atoms with Gasteiger partial charge in [0.25, 0.3) is 5.56 Å². The minimum Gasteiger partial charge on any atom is -0.394 e. The first-order valence-corrected chi connectivity index (χ1v) is 7.24. The molecule has 4 atom stereocenters. The van der Waals surface area contributed by atoms with Crippen LogP contribution in [0.25, 0.3) is 0 Å². The topological polar surface area (TPSA) is 103 Å². The Morgan fingerprint density at radius 2 is 2.05 bits per heavy atom. The summed E-state index contributed by atoms with van der Waals surface area (Å²) in [5, 5.41) is 9.40. The molecule has 0 aliphatic carbocycles. The van der Waals surface area contributed by atoms with Crippen molar-refractivity contribution >= 4 is 15.9 Å². The highest BCUT2D eigenvalue weighted by Crippen LogP contribution is 2.42. The Morgan fingerprint density at radius 3 is 2.71 bits per heavy atom. The maximum Gasteiger partial charge on any atom is 0.330 e. The van der Waals surface area contributed by atoms with Gasteiger partial charge < -0.3 is 19.3 Å². The smallest absolute Gasteiger partial charge is 0.330 e. The van der Waals surface area contributed by atoms with Crippen molar-refractivity contribution in [1.82, 2.24) is 9.55 Å². The Labute approximate surface area is 127 Å². The third kappa shape index (κ3) is 2.49. The summed E-state index contributed by atoms with van der Waals surface area (Å²) in [5.74, 6) is -0.826. The van der Waals surface area contributed by atoms with E-state index in [1.165, 1.54) is 10.8 Å². The first-order chi connectivity index (χ1) is 9.82. The summed E-state index contributed by atoms with van der Waals surface area (Å²) in [4.78, 5) is 25.6. The lowest BCUT2D eigenvalue weighted by Crippen LogP contribution is -2.37. The number of ether oxygens (including phenoxy) is 3. The van der Waals surface area contributed by atoms with Gasteiger partial charge >= 0.3 is 5.69 Å². The molecule has 3 rings (SSSR count). The van der Waals surface area contributed by atoms with Crippen LogP contribution in [0.5, 0.6) is 0 Å². The molecule has 3 heterocycles. The van der Waals surface area contributed by atoms with E-state index in [9.17, 15) is 14.7 Å². The van der Waals surface area contributed by atoms with Gasteiger partial charge in [-0.1, -0.05) is 0 Å². The molecule has 2 saturated heterocycles. The lowest BCUT2D eigenvalue weighted by Gasteiger charge is -2.24. The number of halogens is 1. The van der Waals surface area contributed by atoms with Crippen LogP contribution in [0.15, 0.2) is 20.3 Å². The molecule has 0 aromatic carbocycles. The average molecular weight is 363 g/mol. The first kappa shape index (κ1) is 14.9. The van der Waals surface area contributed by atoms with Gasteiger partial charge in [-0.3, -0.25) is 14.3 Å². The van der Waals surface area contributed by atoms with Crippen LogP contribution in [0.2, 0.25) is 0 Å². The fourth-order valence-corrected chi connectivity index (χ4v) is 3.00. The first-order valence-electron chi connectivity index (χ1n) is 6.45. The number of aromatic nitrogens is 2. The van der Waals surface area contributed by atoms with E-state index in [1.807, 2.05) is 0 Å². The third-order valence-corrected chi connectivity index (χ3v) is 4.07. The molecule has 2 fully saturated rings. The molecule has 2 aliphatic heterocycles. The number of aliphatic hydroxyl groups excluding tert-OH is 1. The van der Waals surface area contributed by atoms with Crippen molar-refractivity contribution in [3.63, 3.8) is 0 Å². The molecule has 21 heavy (non-hydrogen) atoms. The molecule has 0 unspecified atom stereocenters. The molecular weight excluding hydrogens is 348 g/mol. The molecule has 1 aromatic heterocycles. The summed E-state index contributed by atoms with van der Waals surface area (Å²) in [7, 11) is 0. The number of nitrogens with one attached hydrogen (secondary N) is 1. The zero-order chi connectivity index (χ0) is 15.4. The van der Waals surface area contributed by atoms with E-state index >= 15 is 0 Å². The fraction of sp³-hybridized carbons (Fsp3) is 0.667. The summed E-state index contributed by atoms with van der Waals surface area (Å²) in [6, 6.07) is 0. The Morgan fingerprint density at radius 1 is 1.38 bits per heavy atom. The summed E-state index contributed by atoms with van der Waals surface area (Å²) in [6.45, 7) is 3.25. The molecule has 0 spiro atoms.